The zero-order valence-corrected chi connectivity index (χ0v) is 12.6. The van der Waals surface area contributed by atoms with Gasteiger partial charge in [0.25, 0.3) is 10.0 Å². The maximum absolute atomic E-state index is 12.6. The summed E-state index contributed by atoms with van der Waals surface area (Å²) in [6, 6.07) is 17.8. The van der Waals surface area contributed by atoms with Gasteiger partial charge in [-0.05, 0) is 45.4 Å². The molecule has 0 spiro atoms. The third-order valence-electron chi connectivity index (χ3n) is 3.54. The molecule has 0 bridgehead atoms. The van der Waals surface area contributed by atoms with Crippen molar-refractivity contribution in [2.75, 3.05) is 4.72 Å². The summed E-state index contributed by atoms with van der Waals surface area (Å²) in [5.41, 5.74) is 1.09. The van der Waals surface area contributed by atoms with E-state index in [0.29, 0.717) is 11.2 Å². The predicted octanol–water partition coefficient (Wildman–Crippen LogP) is 3.18. The van der Waals surface area contributed by atoms with Crippen LogP contribution in [0.1, 0.15) is 0 Å². The second-order valence-electron chi connectivity index (χ2n) is 5.06. The van der Waals surface area contributed by atoms with E-state index in [2.05, 4.69) is 19.7 Å². The normalized spacial score (nSPS) is 11.8. The van der Waals surface area contributed by atoms with Gasteiger partial charge in [0.2, 0.25) is 0 Å². The van der Waals surface area contributed by atoms with E-state index in [-0.39, 0.29) is 10.4 Å². The van der Waals surface area contributed by atoms with Gasteiger partial charge in [0.05, 0.1) is 0 Å². The monoisotopic (exact) mass is 325 g/mol. The number of aromatic nitrogens is 2. The van der Waals surface area contributed by atoms with Crippen LogP contribution in [-0.2, 0) is 10.0 Å². The summed E-state index contributed by atoms with van der Waals surface area (Å²) in [7, 11) is -3.79. The molecule has 114 valence electrons. The van der Waals surface area contributed by atoms with Crippen molar-refractivity contribution in [1.29, 1.82) is 0 Å². The first-order valence-corrected chi connectivity index (χ1v) is 8.35. The standard InChI is InChI=1S/C16H11N3O3S/c20-23(21,15-7-3-6-14-16(15)18-22-17-14)19-13-9-8-11-4-1-2-5-12(11)10-13/h1-10,19H. The Morgan fingerprint density at radius 2 is 1.70 bits per heavy atom. The highest BCUT2D eigenvalue weighted by Crippen LogP contribution is 2.24. The lowest BCUT2D eigenvalue weighted by molar-refractivity contribution is 0.315. The minimum absolute atomic E-state index is 0.0319. The van der Waals surface area contributed by atoms with E-state index in [0.717, 1.165) is 10.8 Å². The average Bonchev–Trinajstić information content (AvgIpc) is 3.02. The van der Waals surface area contributed by atoms with E-state index in [9.17, 15) is 8.42 Å². The lowest BCUT2D eigenvalue weighted by Crippen LogP contribution is -2.13. The first-order chi connectivity index (χ1) is 11.1. The van der Waals surface area contributed by atoms with Crippen LogP contribution in [0.25, 0.3) is 21.8 Å². The molecule has 0 aliphatic heterocycles. The van der Waals surface area contributed by atoms with Crippen molar-refractivity contribution in [3.05, 3.63) is 60.7 Å². The number of nitrogens with one attached hydrogen (secondary N) is 1. The minimum atomic E-state index is -3.79. The van der Waals surface area contributed by atoms with E-state index in [1.165, 1.54) is 6.07 Å². The third kappa shape index (κ3) is 2.40. The molecule has 0 aliphatic carbocycles. The summed E-state index contributed by atoms with van der Waals surface area (Å²) in [5.74, 6) is 0. The summed E-state index contributed by atoms with van der Waals surface area (Å²) in [6.07, 6.45) is 0. The zero-order chi connectivity index (χ0) is 15.9. The maximum atomic E-state index is 12.6. The Morgan fingerprint density at radius 3 is 2.57 bits per heavy atom. The Kier molecular flexibility index (Phi) is 3.02. The molecule has 1 aromatic heterocycles. The van der Waals surface area contributed by atoms with Crippen LogP contribution < -0.4 is 4.72 Å². The second-order valence-corrected chi connectivity index (χ2v) is 6.71. The molecule has 0 fully saturated rings. The number of hydrogen-bond donors (Lipinski definition) is 1. The van der Waals surface area contributed by atoms with Gasteiger partial charge in [0.1, 0.15) is 10.4 Å². The van der Waals surface area contributed by atoms with E-state index < -0.39 is 10.0 Å². The van der Waals surface area contributed by atoms with Gasteiger partial charge >= 0.3 is 0 Å². The van der Waals surface area contributed by atoms with Gasteiger partial charge in [-0.25, -0.2) is 13.0 Å². The first kappa shape index (κ1) is 13.7. The van der Waals surface area contributed by atoms with Crippen LogP contribution in [0.3, 0.4) is 0 Å². The maximum Gasteiger partial charge on any atom is 0.264 e. The van der Waals surface area contributed by atoms with Crippen molar-refractivity contribution in [3.8, 4) is 0 Å². The average molecular weight is 325 g/mol. The Bertz CT molecular complexity index is 1120. The van der Waals surface area contributed by atoms with Gasteiger partial charge in [-0.1, -0.05) is 36.4 Å². The number of rotatable bonds is 3. The van der Waals surface area contributed by atoms with Gasteiger partial charge in [0, 0.05) is 5.69 Å². The molecule has 7 heteroatoms. The molecule has 4 rings (SSSR count). The van der Waals surface area contributed by atoms with Crippen LogP contribution in [0.15, 0.2) is 70.2 Å². The summed E-state index contributed by atoms with van der Waals surface area (Å²) in [5, 5.41) is 9.33. The lowest BCUT2D eigenvalue weighted by Gasteiger charge is -2.09. The fourth-order valence-electron chi connectivity index (χ4n) is 2.46. The van der Waals surface area contributed by atoms with Gasteiger partial charge in [-0.15, -0.1) is 0 Å². The molecule has 0 aliphatic rings. The Hall–Kier alpha value is -2.93. The van der Waals surface area contributed by atoms with Crippen molar-refractivity contribution in [2.45, 2.75) is 4.90 Å². The van der Waals surface area contributed by atoms with Crippen LogP contribution in [0.4, 0.5) is 5.69 Å². The van der Waals surface area contributed by atoms with Gasteiger partial charge in [0.15, 0.2) is 5.52 Å². The van der Waals surface area contributed by atoms with Crippen molar-refractivity contribution < 1.29 is 13.0 Å². The van der Waals surface area contributed by atoms with Crippen molar-refractivity contribution in [1.82, 2.24) is 10.3 Å². The molecule has 0 saturated carbocycles. The summed E-state index contributed by atoms with van der Waals surface area (Å²) < 4.78 is 32.4. The van der Waals surface area contributed by atoms with Crippen molar-refractivity contribution in [2.24, 2.45) is 0 Å². The van der Waals surface area contributed by atoms with E-state index in [1.54, 1.807) is 24.3 Å². The van der Waals surface area contributed by atoms with E-state index in [4.69, 9.17) is 0 Å². The van der Waals surface area contributed by atoms with Crippen LogP contribution in [0.5, 0.6) is 0 Å². The van der Waals surface area contributed by atoms with Crippen LogP contribution >= 0.6 is 0 Å². The minimum Gasteiger partial charge on any atom is -0.280 e. The highest BCUT2D eigenvalue weighted by molar-refractivity contribution is 7.93. The van der Waals surface area contributed by atoms with Gasteiger partial charge in [-0.3, -0.25) is 4.72 Å². The number of benzene rings is 3. The molecule has 6 nitrogen and oxygen atoms in total. The van der Waals surface area contributed by atoms with Gasteiger partial charge in [-0.2, -0.15) is 0 Å². The number of hydrogen-bond acceptors (Lipinski definition) is 5. The second kappa shape index (κ2) is 5.06. The fraction of sp³-hybridized carbons (Fsp3) is 0. The Morgan fingerprint density at radius 1 is 0.870 bits per heavy atom. The fourth-order valence-corrected chi connectivity index (χ4v) is 3.66. The van der Waals surface area contributed by atoms with Crippen LogP contribution in [0, 0.1) is 0 Å². The third-order valence-corrected chi connectivity index (χ3v) is 4.95. The Balaban J connectivity index is 1.78. The predicted molar refractivity (Wildman–Crippen MR) is 86.6 cm³/mol. The molecule has 0 amide bonds. The highest BCUT2D eigenvalue weighted by Gasteiger charge is 2.20. The van der Waals surface area contributed by atoms with Crippen molar-refractivity contribution >= 4 is 37.5 Å². The molecule has 23 heavy (non-hydrogen) atoms. The lowest BCUT2D eigenvalue weighted by atomic mass is 10.1. The molecular formula is C16H11N3O3S. The quantitative estimate of drug-likeness (QED) is 0.625. The molecule has 0 radical (unpaired) electrons. The SMILES string of the molecule is O=S(=O)(Nc1ccc2ccccc2c1)c1cccc2nonc12. The van der Waals surface area contributed by atoms with E-state index in [1.807, 2.05) is 30.3 Å². The molecule has 4 aromatic rings. The topological polar surface area (TPSA) is 85.1 Å². The summed E-state index contributed by atoms with van der Waals surface area (Å²) in [6.45, 7) is 0. The molecule has 0 saturated heterocycles. The largest absolute Gasteiger partial charge is 0.280 e. The number of nitrogens with zero attached hydrogens (tertiary/aromatic N) is 2. The number of fused-ring (bicyclic) bond motifs is 2. The summed E-state index contributed by atoms with van der Waals surface area (Å²) >= 11 is 0. The number of sulfonamides is 1. The molecule has 0 unspecified atom stereocenters. The first-order valence-electron chi connectivity index (χ1n) is 6.86. The van der Waals surface area contributed by atoms with Gasteiger partial charge < -0.3 is 0 Å². The van der Waals surface area contributed by atoms with E-state index >= 15 is 0 Å². The molecule has 1 heterocycles. The number of anilines is 1. The highest BCUT2D eigenvalue weighted by atomic mass is 32.2. The molecule has 0 atom stereocenters. The van der Waals surface area contributed by atoms with Crippen LogP contribution in [0.2, 0.25) is 0 Å². The molecule has 3 aromatic carbocycles. The Labute approximate surface area is 131 Å². The van der Waals surface area contributed by atoms with Crippen LogP contribution in [-0.4, -0.2) is 18.7 Å². The zero-order valence-electron chi connectivity index (χ0n) is 11.8. The molecular weight excluding hydrogens is 314 g/mol. The van der Waals surface area contributed by atoms with Crippen molar-refractivity contribution in [3.63, 3.8) is 0 Å². The smallest absolute Gasteiger partial charge is 0.264 e. The summed E-state index contributed by atoms with van der Waals surface area (Å²) in [4.78, 5) is 0.0319. The molecule has 1 N–H and O–H groups in total.